The van der Waals surface area contributed by atoms with Crippen molar-refractivity contribution >= 4 is 22.4 Å². The maximum atomic E-state index is 13.1. The van der Waals surface area contributed by atoms with Crippen LogP contribution < -0.4 is 10.5 Å². The smallest absolute Gasteiger partial charge is 0.270 e. The van der Waals surface area contributed by atoms with Gasteiger partial charge in [-0.2, -0.15) is 10.5 Å². The zero-order chi connectivity index (χ0) is 28.5. The van der Waals surface area contributed by atoms with E-state index in [0.717, 1.165) is 48.3 Å². The topological polar surface area (TPSA) is 120 Å². The molecule has 0 aliphatic heterocycles. The lowest BCUT2D eigenvalue weighted by atomic mass is 9.80. The number of nitrogens with zero attached hydrogens (tertiary/aromatic N) is 7. The van der Waals surface area contributed by atoms with Gasteiger partial charge in [-0.15, -0.1) is 0 Å². The van der Waals surface area contributed by atoms with Crippen LogP contribution in [0.2, 0.25) is 0 Å². The molecule has 3 aromatic rings. The fourth-order valence-electron chi connectivity index (χ4n) is 5.31. The van der Waals surface area contributed by atoms with Crippen LogP contribution in [-0.2, 0) is 11.9 Å². The molecule has 0 bridgehead atoms. The summed E-state index contributed by atoms with van der Waals surface area (Å²) in [6, 6.07) is 11.6. The van der Waals surface area contributed by atoms with Gasteiger partial charge in [0.05, 0.1) is 16.9 Å². The van der Waals surface area contributed by atoms with E-state index in [1.165, 1.54) is 4.57 Å². The summed E-state index contributed by atoms with van der Waals surface area (Å²) in [4.78, 5) is 30.1. The van der Waals surface area contributed by atoms with E-state index < -0.39 is 5.60 Å². The van der Waals surface area contributed by atoms with Crippen LogP contribution in [0, 0.1) is 42.4 Å². The molecule has 0 unspecified atom stereocenters. The minimum atomic E-state index is -0.418. The van der Waals surface area contributed by atoms with Crippen molar-refractivity contribution in [1.82, 2.24) is 14.5 Å². The zero-order valence-electron chi connectivity index (χ0n) is 23.7. The van der Waals surface area contributed by atoms with Gasteiger partial charge in [-0.05, 0) is 84.6 Å². The summed E-state index contributed by atoms with van der Waals surface area (Å²) in [6.07, 6.45) is 3.37. The molecule has 0 radical (unpaired) electrons. The number of hydrogen-bond acceptors (Lipinski definition) is 8. The summed E-state index contributed by atoms with van der Waals surface area (Å²) in [5, 5.41) is 24.0. The Hall–Kier alpha value is -4.24. The predicted molar refractivity (Wildman–Crippen MR) is 152 cm³/mol. The predicted octanol–water partition coefficient (Wildman–Crippen LogP) is 4.90. The van der Waals surface area contributed by atoms with Crippen LogP contribution in [0.5, 0.6) is 0 Å². The highest BCUT2D eigenvalue weighted by Crippen LogP contribution is 2.35. The molecule has 1 saturated carbocycles. The molecular formula is C30H35N7O2. The Morgan fingerprint density at radius 1 is 1.08 bits per heavy atom. The van der Waals surface area contributed by atoms with E-state index in [2.05, 4.69) is 33.3 Å². The molecule has 9 nitrogen and oxygen atoms in total. The fraction of sp³-hybridized carbons (Fsp3) is 0.467. The van der Waals surface area contributed by atoms with Crippen molar-refractivity contribution in [2.75, 3.05) is 11.9 Å². The summed E-state index contributed by atoms with van der Waals surface area (Å²) in [6.45, 7) is 9.92. The molecule has 1 aliphatic carbocycles. The molecule has 1 fully saturated rings. The second kappa shape index (κ2) is 10.9. The SMILES string of the molecule is Cc1ccc(/C(=N/OC(C)(C)C)C2CCC(N(C)c3c(C#N)c(=O)n(C)c4ccc(C#N)nc34)CC2)c(C)n1. The molecule has 0 atom stereocenters. The van der Waals surface area contributed by atoms with Gasteiger partial charge in [0, 0.05) is 43.0 Å². The van der Waals surface area contributed by atoms with E-state index in [1.807, 2.05) is 52.6 Å². The Bertz CT molecular complexity index is 1580. The molecule has 0 spiro atoms. The molecule has 0 aromatic carbocycles. The molecule has 202 valence electrons. The van der Waals surface area contributed by atoms with Crippen molar-refractivity contribution in [3.63, 3.8) is 0 Å². The summed E-state index contributed by atoms with van der Waals surface area (Å²) in [7, 11) is 3.53. The van der Waals surface area contributed by atoms with Crippen LogP contribution in [0.1, 0.15) is 74.7 Å². The molecule has 9 heteroatoms. The van der Waals surface area contributed by atoms with Crippen LogP contribution >= 0.6 is 0 Å². The molecule has 0 N–H and O–H groups in total. The van der Waals surface area contributed by atoms with Crippen LogP contribution in [0.3, 0.4) is 0 Å². The van der Waals surface area contributed by atoms with Gasteiger partial charge in [0.15, 0.2) is 0 Å². The lowest BCUT2D eigenvalue weighted by Gasteiger charge is -2.37. The van der Waals surface area contributed by atoms with E-state index in [0.29, 0.717) is 16.7 Å². The first kappa shape index (κ1) is 27.8. The van der Waals surface area contributed by atoms with Crippen LogP contribution in [0.4, 0.5) is 5.69 Å². The Kier molecular flexibility index (Phi) is 7.74. The summed E-state index contributed by atoms with van der Waals surface area (Å²) >= 11 is 0. The highest BCUT2D eigenvalue weighted by molar-refractivity contribution is 6.03. The van der Waals surface area contributed by atoms with Crippen molar-refractivity contribution in [2.45, 2.75) is 71.9 Å². The van der Waals surface area contributed by atoms with Crippen molar-refractivity contribution in [1.29, 1.82) is 10.5 Å². The molecule has 4 rings (SSSR count). The van der Waals surface area contributed by atoms with Crippen LogP contribution in [0.25, 0.3) is 11.0 Å². The standard InChI is InChI=1S/C30H35N7O2/c1-18-8-14-23(19(2)33-18)26(35-39-30(3,4)5)20-9-12-22(13-10-20)36(6)28-24(17-32)29(38)37(7)25-15-11-21(16-31)34-27(25)28/h8,11,14-15,20,22H,9-10,12-13H2,1-7H3/b35-26+. The lowest BCUT2D eigenvalue weighted by Crippen LogP contribution is -2.39. The number of aromatic nitrogens is 3. The minimum absolute atomic E-state index is 0.0411. The van der Waals surface area contributed by atoms with Crippen LogP contribution in [0.15, 0.2) is 34.2 Å². The normalized spacial score (nSPS) is 17.9. The number of anilines is 1. The van der Waals surface area contributed by atoms with Gasteiger partial charge in [-0.3, -0.25) is 9.78 Å². The lowest BCUT2D eigenvalue weighted by molar-refractivity contribution is -0.0000426. The Labute approximate surface area is 229 Å². The van der Waals surface area contributed by atoms with E-state index in [9.17, 15) is 15.3 Å². The third-order valence-corrected chi connectivity index (χ3v) is 7.34. The number of oxime groups is 1. The average molecular weight is 526 g/mol. The third-order valence-electron chi connectivity index (χ3n) is 7.34. The molecule has 39 heavy (non-hydrogen) atoms. The van der Waals surface area contributed by atoms with Gasteiger partial charge in [0.1, 0.15) is 34.5 Å². The number of nitriles is 2. The molecule has 0 amide bonds. The second-order valence-electron chi connectivity index (χ2n) is 11.3. The van der Waals surface area contributed by atoms with Crippen molar-refractivity contribution in [3.8, 4) is 12.1 Å². The number of hydrogen-bond donors (Lipinski definition) is 0. The maximum Gasteiger partial charge on any atom is 0.270 e. The van der Waals surface area contributed by atoms with Gasteiger partial charge >= 0.3 is 0 Å². The zero-order valence-corrected chi connectivity index (χ0v) is 23.7. The number of pyridine rings is 3. The van der Waals surface area contributed by atoms with E-state index in [-0.39, 0.29) is 28.8 Å². The first-order chi connectivity index (χ1) is 18.4. The number of fused-ring (bicyclic) bond motifs is 1. The number of aryl methyl sites for hydroxylation is 3. The minimum Gasteiger partial charge on any atom is -0.390 e. The first-order valence-corrected chi connectivity index (χ1v) is 13.2. The molecule has 3 heterocycles. The average Bonchev–Trinajstić information content (AvgIpc) is 2.90. The Morgan fingerprint density at radius 2 is 1.77 bits per heavy atom. The highest BCUT2D eigenvalue weighted by atomic mass is 16.6. The Morgan fingerprint density at radius 3 is 2.36 bits per heavy atom. The second-order valence-corrected chi connectivity index (χ2v) is 11.3. The fourth-order valence-corrected chi connectivity index (χ4v) is 5.31. The maximum absolute atomic E-state index is 13.1. The van der Waals surface area contributed by atoms with E-state index in [1.54, 1.807) is 19.2 Å². The van der Waals surface area contributed by atoms with Gasteiger partial charge in [-0.25, -0.2) is 4.98 Å². The van der Waals surface area contributed by atoms with Gasteiger partial charge in [-0.1, -0.05) is 5.16 Å². The molecule has 0 saturated heterocycles. The van der Waals surface area contributed by atoms with Gasteiger partial charge < -0.3 is 14.3 Å². The van der Waals surface area contributed by atoms with Gasteiger partial charge in [0.25, 0.3) is 5.56 Å². The molecular weight excluding hydrogens is 490 g/mol. The largest absolute Gasteiger partial charge is 0.390 e. The van der Waals surface area contributed by atoms with E-state index in [4.69, 9.17) is 4.84 Å². The first-order valence-electron chi connectivity index (χ1n) is 13.2. The Balaban J connectivity index is 1.67. The number of rotatable bonds is 5. The highest BCUT2D eigenvalue weighted by Gasteiger charge is 2.32. The molecule has 1 aliphatic rings. The van der Waals surface area contributed by atoms with Crippen molar-refractivity contribution in [3.05, 3.63) is 62.8 Å². The quantitative estimate of drug-likeness (QED) is 0.343. The van der Waals surface area contributed by atoms with Crippen molar-refractivity contribution in [2.24, 2.45) is 18.1 Å². The summed E-state index contributed by atoms with van der Waals surface area (Å²) < 4.78 is 1.42. The summed E-state index contributed by atoms with van der Waals surface area (Å²) in [5.74, 6) is 0.180. The molecule has 3 aromatic heterocycles. The van der Waals surface area contributed by atoms with Crippen LogP contribution in [-0.4, -0.2) is 38.9 Å². The summed E-state index contributed by atoms with van der Waals surface area (Å²) in [5.41, 5.74) is 4.84. The monoisotopic (exact) mass is 525 g/mol. The third kappa shape index (κ3) is 5.63. The van der Waals surface area contributed by atoms with Crippen molar-refractivity contribution < 1.29 is 4.84 Å². The van der Waals surface area contributed by atoms with Gasteiger partial charge in [0.2, 0.25) is 0 Å². The van der Waals surface area contributed by atoms with E-state index >= 15 is 0 Å².